The Kier molecular flexibility index (Phi) is 3.48. The van der Waals surface area contributed by atoms with Gasteiger partial charge in [-0.15, -0.1) is 0 Å². The highest BCUT2D eigenvalue weighted by Crippen LogP contribution is 2.14. The third-order valence-electron chi connectivity index (χ3n) is 2.82. The largest absolute Gasteiger partial charge is 0.206 e. The van der Waals surface area contributed by atoms with Crippen LogP contribution in [0.25, 0.3) is 0 Å². The molecular formula is C17H15F. The zero-order valence-corrected chi connectivity index (χ0v) is 10.8. The zero-order valence-electron chi connectivity index (χ0n) is 10.8. The van der Waals surface area contributed by atoms with E-state index in [-0.39, 0.29) is 5.82 Å². The molecule has 0 spiro atoms. The highest BCUT2D eigenvalue weighted by atomic mass is 19.1. The molecule has 0 aliphatic carbocycles. The lowest BCUT2D eigenvalue weighted by atomic mass is 10.0. The highest BCUT2D eigenvalue weighted by Gasteiger charge is 2.03. The van der Waals surface area contributed by atoms with Crippen LogP contribution in [0.1, 0.15) is 27.8 Å². The lowest BCUT2D eigenvalue weighted by Gasteiger charge is -2.01. The predicted molar refractivity (Wildman–Crippen MR) is 73.0 cm³/mol. The van der Waals surface area contributed by atoms with E-state index < -0.39 is 0 Å². The first-order valence-corrected chi connectivity index (χ1v) is 5.92. The van der Waals surface area contributed by atoms with Crippen LogP contribution in [0, 0.1) is 38.4 Å². The molecule has 0 heterocycles. The average Bonchev–Trinajstić information content (AvgIpc) is 2.30. The summed E-state index contributed by atoms with van der Waals surface area (Å²) >= 11 is 0. The van der Waals surface area contributed by atoms with Gasteiger partial charge in [0.25, 0.3) is 0 Å². The maximum atomic E-state index is 13.8. The van der Waals surface area contributed by atoms with E-state index in [1.807, 2.05) is 51.1 Å². The molecule has 0 N–H and O–H groups in total. The van der Waals surface area contributed by atoms with Crippen molar-refractivity contribution in [2.45, 2.75) is 20.8 Å². The minimum absolute atomic E-state index is 0.243. The maximum absolute atomic E-state index is 13.8. The van der Waals surface area contributed by atoms with Gasteiger partial charge in [-0.1, -0.05) is 35.6 Å². The van der Waals surface area contributed by atoms with Crippen LogP contribution in [0.3, 0.4) is 0 Å². The molecule has 0 aromatic heterocycles. The summed E-state index contributed by atoms with van der Waals surface area (Å²) in [5, 5.41) is 0. The summed E-state index contributed by atoms with van der Waals surface area (Å²) in [4.78, 5) is 0. The monoisotopic (exact) mass is 238 g/mol. The molecule has 0 saturated heterocycles. The summed E-state index contributed by atoms with van der Waals surface area (Å²) in [6.07, 6.45) is 0. The summed E-state index contributed by atoms with van der Waals surface area (Å²) < 4.78 is 13.8. The molecule has 2 aromatic carbocycles. The van der Waals surface area contributed by atoms with Crippen molar-refractivity contribution in [3.8, 4) is 11.8 Å². The van der Waals surface area contributed by atoms with Crippen LogP contribution >= 0.6 is 0 Å². The molecule has 0 radical (unpaired) electrons. The first-order chi connectivity index (χ1) is 8.56. The van der Waals surface area contributed by atoms with Crippen LogP contribution in [-0.2, 0) is 0 Å². The Bertz CT molecular complexity index is 602. The molecule has 2 rings (SSSR count). The number of aryl methyl sites for hydroxylation is 3. The van der Waals surface area contributed by atoms with Gasteiger partial charge in [0, 0.05) is 5.56 Å². The van der Waals surface area contributed by atoms with Gasteiger partial charge in [0.15, 0.2) is 0 Å². The summed E-state index contributed by atoms with van der Waals surface area (Å²) in [7, 11) is 0. The molecule has 18 heavy (non-hydrogen) atoms. The second-order valence-corrected chi connectivity index (χ2v) is 4.55. The van der Waals surface area contributed by atoms with E-state index in [4.69, 9.17) is 0 Å². The Morgan fingerprint density at radius 3 is 2.11 bits per heavy atom. The summed E-state index contributed by atoms with van der Waals surface area (Å²) in [5.41, 5.74) is 4.39. The summed E-state index contributed by atoms with van der Waals surface area (Å²) in [6, 6.07) is 11.4. The van der Waals surface area contributed by atoms with E-state index in [0.29, 0.717) is 5.56 Å². The van der Waals surface area contributed by atoms with Crippen molar-refractivity contribution >= 4 is 0 Å². The van der Waals surface area contributed by atoms with Gasteiger partial charge in [0.05, 0.1) is 5.56 Å². The Morgan fingerprint density at radius 1 is 0.833 bits per heavy atom. The molecular weight excluding hydrogens is 223 g/mol. The van der Waals surface area contributed by atoms with Gasteiger partial charge in [0.1, 0.15) is 5.82 Å². The van der Waals surface area contributed by atoms with Crippen molar-refractivity contribution in [3.63, 3.8) is 0 Å². The molecule has 90 valence electrons. The number of hydrogen-bond acceptors (Lipinski definition) is 0. The van der Waals surface area contributed by atoms with Gasteiger partial charge >= 0.3 is 0 Å². The van der Waals surface area contributed by atoms with Crippen LogP contribution in [0.15, 0.2) is 36.4 Å². The normalized spacial score (nSPS) is 9.78. The third kappa shape index (κ3) is 2.78. The fourth-order valence-electron chi connectivity index (χ4n) is 1.85. The van der Waals surface area contributed by atoms with Crippen molar-refractivity contribution in [1.82, 2.24) is 0 Å². The molecule has 0 nitrogen and oxygen atoms in total. The van der Waals surface area contributed by atoms with Crippen LogP contribution in [-0.4, -0.2) is 0 Å². The minimum Gasteiger partial charge on any atom is -0.206 e. The lowest BCUT2D eigenvalue weighted by Crippen LogP contribution is -1.90. The zero-order chi connectivity index (χ0) is 13.1. The minimum atomic E-state index is -0.243. The predicted octanol–water partition coefficient (Wildman–Crippen LogP) is 4.15. The second kappa shape index (κ2) is 5.06. The van der Waals surface area contributed by atoms with Gasteiger partial charge < -0.3 is 0 Å². The van der Waals surface area contributed by atoms with Crippen molar-refractivity contribution < 1.29 is 4.39 Å². The smallest absolute Gasteiger partial charge is 0.139 e. The molecule has 0 atom stereocenters. The number of hydrogen-bond donors (Lipinski definition) is 0. The fraction of sp³-hybridized carbons (Fsp3) is 0.176. The van der Waals surface area contributed by atoms with E-state index in [0.717, 1.165) is 16.7 Å². The molecule has 0 saturated carbocycles. The Labute approximate surface area is 107 Å². The van der Waals surface area contributed by atoms with Crippen LogP contribution in [0.5, 0.6) is 0 Å². The molecule has 2 aromatic rings. The van der Waals surface area contributed by atoms with Crippen molar-refractivity contribution in [2.75, 3.05) is 0 Å². The second-order valence-electron chi connectivity index (χ2n) is 4.55. The standard InChI is InChI=1S/C17H15F/c1-12-4-6-15(7-5-12)8-9-16-14(3)10-13(2)11-17(16)18/h4-7,10-11H,1-3H3. The first kappa shape index (κ1) is 12.4. The molecule has 1 heteroatoms. The van der Waals surface area contributed by atoms with Gasteiger partial charge in [-0.05, 0) is 50.1 Å². The SMILES string of the molecule is Cc1ccc(C#Cc2c(C)cc(C)cc2F)cc1. The average molecular weight is 238 g/mol. The number of benzene rings is 2. The van der Waals surface area contributed by atoms with Crippen LogP contribution in [0.4, 0.5) is 4.39 Å². The van der Waals surface area contributed by atoms with E-state index in [1.54, 1.807) is 0 Å². The third-order valence-corrected chi connectivity index (χ3v) is 2.82. The molecule has 0 aliphatic rings. The highest BCUT2D eigenvalue weighted by molar-refractivity contribution is 5.48. The lowest BCUT2D eigenvalue weighted by molar-refractivity contribution is 0.622. The van der Waals surface area contributed by atoms with Gasteiger partial charge in [-0.3, -0.25) is 0 Å². The Balaban J connectivity index is 2.38. The van der Waals surface area contributed by atoms with Crippen molar-refractivity contribution in [1.29, 1.82) is 0 Å². The number of rotatable bonds is 0. The van der Waals surface area contributed by atoms with Gasteiger partial charge in [-0.25, -0.2) is 4.39 Å². The van der Waals surface area contributed by atoms with E-state index >= 15 is 0 Å². The molecule has 0 amide bonds. The summed E-state index contributed by atoms with van der Waals surface area (Å²) in [6.45, 7) is 5.80. The van der Waals surface area contributed by atoms with E-state index in [2.05, 4.69) is 11.8 Å². The van der Waals surface area contributed by atoms with Crippen molar-refractivity contribution in [2.24, 2.45) is 0 Å². The quantitative estimate of drug-likeness (QED) is 0.605. The fourth-order valence-corrected chi connectivity index (χ4v) is 1.85. The molecule has 0 bridgehead atoms. The maximum Gasteiger partial charge on any atom is 0.139 e. The van der Waals surface area contributed by atoms with Gasteiger partial charge in [-0.2, -0.15) is 0 Å². The summed E-state index contributed by atoms with van der Waals surface area (Å²) in [5.74, 6) is 5.68. The topological polar surface area (TPSA) is 0 Å². The van der Waals surface area contributed by atoms with Gasteiger partial charge in [0.2, 0.25) is 0 Å². The van der Waals surface area contributed by atoms with Crippen LogP contribution in [0.2, 0.25) is 0 Å². The van der Waals surface area contributed by atoms with Crippen molar-refractivity contribution in [3.05, 3.63) is 70.0 Å². The first-order valence-electron chi connectivity index (χ1n) is 5.92. The van der Waals surface area contributed by atoms with E-state index in [9.17, 15) is 4.39 Å². The Morgan fingerprint density at radius 2 is 1.50 bits per heavy atom. The molecule has 0 aliphatic heterocycles. The molecule has 0 unspecified atom stereocenters. The van der Waals surface area contributed by atoms with E-state index in [1.165, 1.54) is 11.6 Å². The number of halogens is 1. The Hall–Kier alpha value is -2.07. The molecule has 0 fully saturated rings. The van der Waals surface area contributed by atoms with Crippen LogP contribution < -0.4 is 0 Å².